The highest BCUT2D eigenvalue weighted by molar-refractivity contribution is 5.89. The summed E-state index contributed by atoms with van der Waals surface area (Å²) in [6.45, 7) is 5.33. The Morgan fingerprint density at radius 3 is 2.55 bits per heavy atom. The van der Waals surface area contributed by atoms with E-state index in [2.05, 4.69) is 5.32 Å². The van der Waals surface area contributed by atoms with Gasteiger partial charge in [-0.3, -0.25) is 5.32 Å². The van der Waals surface area contributed by atoms with E-state index >= 15 is 0 Å². The van der Waals surface area contributed by atoms with Gasteiger partial charge in [0.2, 0.25) is 0 Å². The van der Waals surface area contributed by atoms with Crippen LogP contribution in [-0.2, 0) is 14.9 Å². The van der Waals surface area contributed by atoms with Gasteiger partial charge >= 0.3 is 6.09 Å². The molecule has 0 heterocycles. The van der Waals surface area contributed by atoms with Crippen molar-refractivity contribution in [2.45, 2.75) is 44.6 Å². The number of aromatic hydroxyl groups is 1. The lowest BCUT2D eigenvalue weighted by atomic mass is 9.95. The third-order valence-corrected chi connectivity index (χ3v) is 3.19. The van der Waals surface area contributed by atoms with Crippen LogP contribution in [0.15, 0.2) is 18.2 Å². The molecule has 1 saturated carbocycles. The molecule has 1 amide bonds. The topological polar surface area (TPSA) is 75.6 Å². The highest BCUT2D eigenvalue weighted by Crippen LogP contribution is 2.49. The molecule has 0 unspecified atom stereocenters. The van der Waals surface area contributed by atoms with Crippen molar-refractivity contribution < 1.29 is 19.4 Å². The summed E-state index contributed by atoms with van der Waals surface area (Å²) in [5.74, 6) is 0.0721. The third-order valence-electron chi connectivity index (χ3n) is 3.19. The van der Waals surface area contributed by atoms with E-state index in [1.54, 1.807) is 26.8 Å². The smallest absolute Gasteiger partial charge is 0.412 e. The molecule has 0 bridgehead atoms. The van der Waals surface area contributed by atoms with Crippen molar-refractivity contribution in [3.63, 3.8) is 0 Å². The van der Waals surface area contributed by atoms with Crippen LogP contribution in [0.25, 0.3) is 0 Å². The molecule has 2 N–H and O–H groups in total. The van der Waals surface area contributed by atoms with E-state index in [9.17, 15) is 14.7 Å². The van der Waals surface area contributed by atoms with Crippen LogP contribution < -0.4 is 5.32 Å². The maximum atomic E-state index is 11.8. The van der Waals surface area contributed by atoms with Gasteiger partial charge in [-0.2, -0.15) is 0 Å². The maximum absolute atomic E-state index is 11.8. The van der Waals surface area contributed by atoms with Gasteiger partial charge in [0.15, 0.2) is 0 Å². The molecular formula is C15H19NO4. The lowest BCUT2D eigenvalue weighted by Gasteiger charge is -2.21. The first-order valence-corrected chi connectivity index (χ1v) is 6.56. The molecule has 0 aromatic heterocycles. The van der Waals surface area contributed by atoms with Gasteiger partial charge in [0.05, 0.1) is 5.41 Å². The van der Waals surface area contributed by atoms with Crippen LogP contribution in [0.2, 0.25) is 0 Å². The van der Waals surface area contributed by atoms with Crippen molar-refractivity contribution >= 4 is 18.1 Å². The molecule has 1 aliphatic rings. The van der Waals surface area contributed by atoms with Crippen molar-refractivity contribution in [1.29, 1.82) is 0 Å². The van der Waals surface area contributed by atoms with E-state index in [-0.39, 0.29) is 5.75 Å². The summed E-state index contributed by atoms with van der Waals surface area (Å²) >= 11 is 0. The number of hydrogen-bond donors (Lipinski definition) is 2. The molecule has 5 nitrogen and oxygen atoms in total. The molecule has 2 rings (SSSR count). The second-order valence-corrected chi connectivity index (χ2v) is 6.13. The number of benzene rings is 1. The van der Waals surface area contributed by atoms with Crippen LogP contribution in [0.3, 0.4) is 0 Å². The number of carbonyl (C=O) groups excluding carboxylic acids is 2. The van der Waals surface area contributed by atoms with E-state index in [4.69, 9.17) is 4.74 Å². The molecule has 1 fully saturated rings. The molecule has 0 spiro atoms. The second-order valence-electron chi connectivity index (χ2n) is 6.13. The van der Waals surface area contributed by atoms with E-state index in [0.717, 1.165) is 19.1 Å². The Bertz CT molecular complexity index is 541. The zero-order valence-electron chi connectivity index (χ0n) is 11.9. The number of anilines is 1. The molecule has 0 radical (unpaired) electrons. The number of aldehydes is 1. The number of rotatable bonds is 3. The van der Waals surface area contributed by atoms with Gasteiger partial charge < -0.3 is 14.6 Å². The van der Waals surface area contributed by atoms with Crippen LogP contribution in [0, 0.1) is 0 Å². The summed E-state index contributed by atoms with van der Waals surface area (Å²) in [6.07, 6.45) is 1.75. The average molecular weight is 277 g/mol. The Morgan fingerprint density at radius 1 is 1.40 bits per heavy atom. The molecular weight excluding hydrogens is 258 g/mol. The SMILES string of the molecule is CC(C)(C)OC(=O)Nc1ccc(O)cc1C1(C=O)CC1. The molecule has 1 aliphatic carbocycles. The summed E-state index contributed by atoms with van der Waals surface area (Å²) in [7, 11) is 0. The number of phenolic OH excluding ortho intramolecular Hbond substituents is 1. The van der Waals surface area contributed by atoms with Crippen molar-refractivity contribution in [3.8, 4) is 5.75 Å². The van der Waals surface area contributed by atoms with E-state index in [1.165, 1.54) is 12.1 Å². The predicted molar refractivity (Wildman–Crippen MR) is 74.9 cm³/mol. The number of amides is 1. The maximum Gasteiger partial charge on any atom is 0.412 e. The number of nitrogens with one attached hydrogen (secondary N) is 1. The quantitative estimate of drug-likeness (QED) is 0.658. The van der Waals surface area contributed by atoms with Gasteiger partial charge in [0.25, 0.3) is 0 Å². The monoisotopic (exact) mass is 277 g/mol. The Kier molecular flexibility index (Phi) is 3.46. The van der Waals surface area contributed by atoms with Gasteiger partial charge in [-0.15, -0.1) is 0 Å². The molecule has 0 atom stereocenters. The molecule has 0 aliphatic heterocycles. The van der Waals surface area contributed by atoms with E-state index in [1.807, 2.05) is 0 Å². The first-order valence-electron chi connectivity index (χ1n) is 6.56. The third kappa shape index (κ3) is 3.10. The minimum absolute atomic E-state index is 0.0721. The second kappa shape index (κ2) is 4.81. The molecule has 0 saturated heterocycles. The zero-order valence-corrected chi connectivity index (χ0v) is 11.9. The van der Waals surface area contributed by atoms with Crippen molar-refractivity contribution in [3.05, 3.63) is 23.8 Å². The molecule has 5 heteroatoms. The van der Waals surface area contributed by atoms with Crippen molar-refractivity contribution in [2.75, 3.05) is 5.32 Å². The van der Waals surface area contributed by atoms with Gasteiger partial charge in [0, 0.05) is 5.69 Å². The fourth-order valence-electron chi connectivity index (χ4n) is 2.05. The van der Waals surface area contributed by atoms with Crippen LogP contribution in [0.1, 0.15) is 39.2 Å². The molecule has 1 aromatic carbocycles. The van der Waals surface area contributed by atoms with Crippen LogP contribution >= 0.6 is 0 Å². The molecule has 108 valence electrons. The lowest BCUT2D eigenvalue weighted by Crippen LogP contribution is -2.28. The number of phenols is 1. The Balaban J connectivity index is 2.24. The van der Waals surface area contributed by atoms with Gasteiger partial charge in [-0.05, 0) is 57.4 Å². The lowest BCUT2D eigenvalue weighted by molar-refractivity contribution is -0.109. The molecule has 20 heavy (non-hydrogen) atoms. The summed E-state index contributed by atoms with van der Waals surface area (Å²) in [5, 5.41) is 12.2. The Hall–Kier alpha value is -2.04. The Labute approximate surface area is 117 Å². The summed E-state index contributed by atoms with van der Waals surface area (Å²) in [5.41, 5.74) is -0.0355. The first kappa shape index (κ1) is 14.4. The van der Waals surface area contributed by atoms with Crippen molar-refractivity contribution in [2.24, 2.45) is 0 Å². The Morgan fingerprint density at radius 2 is 2.05 bits per heavy atom. The highest BCUT2D eigenvalue weighted by atomic mass is 16.6. The van der Waals surface area contributed by atoms with Gasteiger partial charge in [-0.1, -0.05) is 0 Å². The minimum atomic E-state index is -0.594. The standard InChI is InChI=1S/C15H19NO4/c1-14(2,3)20-13(19)16-12-5-4-10(18)8-11(12)15(9-17)6-7-15/h4-5,8-9,18H,6-7H2,1-3H3,(H,16,19). The summed E-state index contributed by atoms with van der Waals surface area (Å²) in [6, 6.07) is 4.57. The van der Waals surface area contributed by atoms with E-state index < -0.39 is 17.1 Å². The highest BCUT2D eigenvalue weighted by Gasteiger charge is 2.46. The average Bonchev–Trinajstić information content (AvgIpc) is 3.10. The summed E-state index contributed by atoms with van der Waals surface area (Å²) < 4.78 is 5.19. The fourth-order valence-corrected chi connectivity index (χ4v) is 2.05. The van der Waals surface area contributed by atoms with Crippen molar-refractivity contribution in [1.82, 2.24) is 0 Å². The minimum Gasteiger partial charge on any atom is -0.508 e. The summed E-state index contributed by atoms with van der Waals surface area (Å²) in [4.78, 5) is 23.1. The zero-order chi connectivity index (χ0) is 15.0. The van der Waals surface area contributed by atoms with E-state index in [0.29, 0.717) is 11.3 Å². The number of ether oxygens (including phenoxy) is 1. The van der Waals surface area contributed by atoms with Crippen LogP contribution in [0.4, 0.5) is 10.5 Å². The van der Waals surface area contributed by atoms with Crippen LogP contribution in [0.5, 0.6) is 5.75 Å². The van der Waals surface area contributed by atoms with Crippen LogP contribution in [-0.4, -0.2) is 23.1 Å². The van der Waals surface area contributed by atoms with Gasteiger partial charge in [-0.25, -0.2) is 4.79 Å². The normalized spacial score (nSPS) is 16.4. The molecule has 1 aromatic rings. The van der Waals surface area contributed by atoms with Gasteiger partial charge in [0.1, 0.15) is 17.6 Å². The predicted octanol–water partition coefficient (Wildman–Crippen LogP) is 2.97. The first-order chi connectivity index (χ1) is 9.26. The fraction of sp³-hybridized carbons (Fsp3) is 0.467. The number of hydrogen-bond acceptors (Lipinski definition) is 4. The largest absolute Gasteiger partial charge is 0.508 e. The number of carbonyl (C=O) groups is 2.